The maximum absolute atomic E-state index is 5.79. The third kappa shape index (κ3) is 3.77. The smallest absolute Gasteiger partial charge is 0.223 e. The highest BCUT2D eigenvalue weighted by Crippen LogP contribution is 2.26. The van der Waals surface area contributed by atoms with Crippen molar-refractivity contribution in [3.8, 4) is 11.6 Å². The van der Waals surface area contributed by atoms with Gasteiger partial charge in [0.25, 0.3) is 0 Å². The van der Waals surface area contributed by atoms with Crippen LogP contribution in [-0.4, -0.2) is 9.97 Å². The second-order valence-electron chi connectivity index (χ2n) is 5.52. The molecule has 2 aromatic rings. The van der Waals surface area contributed by atoms with Crippen LogP contribution >= 0.6 is 15.9 Å². The van der Waals surface area contributed by atoms with E-state index in [0.29, 0.717) is 5.88 Å². The van der Waals surface area contributed by atoms with Crippen LogP contribution in [-0.2, 0) is 5.41 Å². The van der Waals surface area contributed by atoms with Gasteiger partial charge in [-0.2, -0.15) is 4.98 Å². The first-order chi connectivity index (χ1) is 8.84. The Morgan fingerprint density at radius 3 is 2.47 bits per heavy atom. The highest BCUT2D eigenvalue weighted by molar-refractivity contribution is 9.10. The molecule has 0 amide bonds. The molecule has 19 heavy (non-hydrogen) atoms. The Labute approximate surface area is 122 Å². The Morgan fingerprint density at radius 2 is 1.84 bits per heavy atom. The molecule has 0 fully saturated rings. The predicted molar refractivity (Wildman–Crippen MR) is 79.7 cm³/mol. The van der Waals surface area contributed by atoms with E-state index in [0.717, 1.165) is 21.7 Å². The normalized spacial score (nSPS) is 11.4. The summed E-state index contributed by atoms with van der Waals surface area (Å²) < 4.78 is 6.53. The zero-order valence-electron chi connectivity index (χ0n) is 11.6. The van der Waals surface area contributed by atoms with Gasteiger partial charge in [0.1, 0.15) is 16.2 Å². The van der Waals surface area contributed by atoms with E-state index in [1.54, 1.807) is 6.07 Å². The lowest BCUT2D eigenvalue weighted by Crippen LogP contribution is -2.16. The van der Waals surface area contributed by atoms with Gasteiger partial charge in [0.15, 0.2) is 0 Å². The molecule has 4 heteroatoms. The van der Waals surface area contributed by atoms with Gasteiger partial charge < -0.3 is 4.74 Å². The van der Waals surface area contributed by atoms with Crippen LogP contribution in [0.1, 0.15) is 32.2 Å². The molecule has 0 aliphatic heterocycles. The number of aromatic nitrogens is 2. The molecule has 0 atom stereocenters. The first kappa shape index (κ1) is 14.0. The first-order valence-corrected chi connectivity index (χ1v) is 6.93. The molecule has 0 spiro atoms. The standard InChI is InChI=1S/C15H17BrN2O/c1-10-6-5-7-11(8-10)19-13-9-12(16)17-14(18-13)15(2,3)4/h5-9H,1-4H3. The van der Waals surface area contributed by atoms with E-state index in [9.17, 15) is 0 Å². The molecule has 0 saturated heterocycles. The molecule has 0 radical (unpaired) electrons. The minimum atomic E-state index is -0.117. The number of benzene rings is 1. The van der Waals surface area contributed by atoms with Gasteiger partial charge in [0, 0.05) is 11.5 Å². The van der Waals surface area contributed by atoms with Crippen molar-refractivity contribution in [2.24, 2.45) is 0 Å². The maximum Gasteiger partial charge on any atom is 0.223 e. The van der Waals surface area contributed by atoms with Crippen LogP contribution in [0.4, 0.5) is 0 Å². The zero-order valence-corrected chi connectivity index (χ0v) is 13.2. The Bertz CT molecular complexity index is 591. The third-order valence-corrected chi connectivity index (χ3v) is 2.96. The number of nitrogens with zero attached hydrogens (tertiary/aromatic N) is 2. The van der Waals surface area contributed by atoms with E-state index in [1.165, 1.54) is 0 Å². The van der Waals surface area contributed by atoms with E-state index >= 15 is 0 Å². The first-order valence-electron chi connectivity index (χ1n) is 6.14. The lowest BCUT2D eigenvalue weighted by molar-refractivity contribution is 0.444. The average Bonchev–Trinajstić information content (AvgIpc) is 2.26. The van der Waals surface area contributed by atoms with Crippen molar-refractivity contribution >= 4 is 15.9 Å². The van der Waals surface area contributed by atoms with Crippen molar-refractivity contribution in [2.45, 2.75) is 33.1 Å². The van der Waals surface area contributed by atoms with Crippen molar-refractivity contribution in [3.63, 3.8) is 0 Å². The lowest BCUT2D eigenvalue weighted by atomic mass is 9.96. The number of ether oxygens (including phenoxy) is 1. The number of rotatable bonds is 2. The molecule has 0 aliphatic rings. The maximum atomic E-state index is 5.79. The van der Waals surface area contributed by atoms with Crippen molar-refractivity contribution in [3.05, 3.63) is 46.3 Å². The van der Waals surface area contributed by atoms with Gasteiger partial charge in [-0.15, -0.1) is 0 Å². The molecule has 0 N–H and O–H groups in total. The number of aryl methyl sites for hydroxylation is 1. The summed E-state index contributed by atoms with van der Waals surface area (Å²) in [6.07, 6.45) is 0. The summed E-state index contributed by atoms with van der Waals surface area (Å²) in [6, 6.07) is 9.67. The minimum Gasteiger partial charge on any atom is -0.439 e. The van der Waals surface area contributed by atoms with Crippen LogP contribution in [0.5, 0.6) is 11.6 Å². The fourth-order valence-electron chi connectivity index (χ4n) is 1.58. The fourth-order valence-corrected chi connectivity index (χ4v) is 1.95. The van der Waals surface area contributed by atoms with Crippen LogP contribution in [0.15, 0.2) is 34.9 Å². The Kier molecular flexibility index (Phi) is 3.90. The van der Waals surface area contributed by atoms with Crippen molar-refractivity contribution in [2.75, 3.05) is 0 Å². The molecule has 1 aromatic heterocycles. The highest BCUT2D eigenvalue weighted by atomic mass is 79.9. The second-order valence-corrected chi connectivity index (χ2v) is 6.33. The van der Waals surface area contributed by atoms with Crippen molar-refractivity contribution < 1.29 is 4.74 Å². The highest BCUT2D eigenvalue weighted by Gasteiger charge is 2.19. The van der Waals surface area contributed by atoms with E-state index in [2.05, 4.69) is 46.7 Å². The van der Waals surface area contributed by atoms with Crippen LogP contribution in [0.3, 0.4) is 0 Å². The van der Waals surface area contributed by atoms with E-state index in [1.807, 2.05) is 31.2 Å². The molecule has 2 rings (SSSR count). The summed E-state index contributed by atoms with van der Waals surface area (Å²) in [5.41, 5.74) is 1.04. The van der Waals surface area contributed by atoms with Crippen LogP contribution in [0.25, 0.3) is 0 Å². The van der Waals surface area contributed by atoms with Gasteiger partial charge in [-0.1, -0.05) is 32.9 Å². The molecule has 1 aromatic carbocycles. The Morgan fingerprint density at radius 1 is 1.11 bits per heavy atom. The number of hydrogen-bond acceptors (Lipinski definition) is 3. The van der Waals surface area contributed by atoms with E-state index in [4.69, 9.17) is 4.74 Å². The van der Waals surface area contributed by atoms with Crippen molar-refractivity contribution in [1.29, 1.82) is 0 Å². The average molecular weight is 321 g/mol. The van der Waals surface area contributed by atoms with Gasteiger partial charge in [-0.05, 0) is 40.5 Å². The lowest BCUT2D eigenvalue weighted by Gasteiger charge is -2.17. The number of hydrogen-bond donors (Lipinski definition) is 0. The van der Waals surface area contributed by atoms with Crippen LogP contribution in [0, 0.1) is 6.92 Å². The largest absolute Gasteiger partial charge is 0.439 e. The quantitative estimate of drug-likeness (QED) is 0.756. The zero-order chi connectivity index (χ0) is 14.0. The fraction of sp³-hybridized carbons (Fsp3) is 0.333. The predicted octanol–water partition coefficient (Wildman–Crippen LogP) is 4.64. The second kappa shape index (κ2) is 5.29. The summed E-state index contributed by atoms with van der Waals surface area (Å²) in [6.45, 7) is 8.25. The molecular weight excluding hydrogens is 304 g/mol. The molecule has 0 aliphatic carbocycles. The van der Waals surface area contributed by atoms with Crippen molar-refractivity contribution in [1.82, 2.24) is 9.97 Å². The SMILES string of the molecule is Cc1cccc(Oc2cc(Br)nc(C(C)(C)C)n2)c1. The van der Waals surface area contributed by atoms with Gasteiger partial charge in [0.05, 0.1) is 0 Å². The molecule has 1 heterocycles. The summed E-state index contributed by atoms with van der Waals surface area (Å²) >= 11 is 3.40. The topological polar surface area (TPSA) is 35.0 Å². The molecule has 0 unspecified atom stereocenters. The summed E-state index contributed by atoms with van der Waals surface area (Å²) in [5, 5.41) is 0. The van der Waals surface area contributed by atoms with Crippen LogP contribution in [0.2, 0.25) is 0 Å². The molecular formula is C15H17BrN2O. The van der Waals surface area contributed by atoms with E-state index in [-0.39, 0.29) is 5.41 Å². The monoisotopic (exact) mass is 320 g/mol. The van der Waals surface area contributed by atoms with E-state index < -0.39 is 0 Å². The summed E-state index contributed by atoms with van der Waals surface area (Å²) in [4.78, 5) is 8.86. The molecule has 3 nitrogen and oxygen atoms in total. The third-order valence-electron chi connectivity index (χ3n) is 2.55. The number of halogens is 1. The molecule has 100 valence electrons. The Hall–Kier alpha value is -1.42. The van der Waals surface area contributed by atoms with Gasteiger partial charge in [0.2, 0.25) is 5.88 Å². The molecule has 0 bridgehead atoms. The Balaban J connectivity index is 2.33. The summed E-state index contributed by atoms with van der Waals surface area (Å²) in [7, 11) is 0. The van der Waals surface area contributed by atoms with Gasteiger partial charge in [-0.25, -0.2) is 4.98 Å². The summed E-state index contributed by atoms with van der Waals surface area (Å²) in [5.74, 6) is 2.09. The molecule has 0 saturated carbocycles. The van der Waals surface area contributed by atoms with Gasteiger partial charge in [-0.3, -0.25) is 0 Å². The van der Waals surface area contributed by atoms with Crippen LogP contribution < -0.4 is 4.74 Å². The minimum absolute atomic E-state index is 0.117. The van der Waals surface area contributed by atoms with Gasteiger partial charge >= 0.3 is 0 Å².